The molecule has 0 radical (unpaired) electrons. The molecule has 1 rings (SSSR count). The second-order valence-corrected chi connectivity index (χ2v) is 5.87. The zero-order chi connectivity index (χ0) is 14.6. The third kappa shape index (κ3) is 4.70. The van der Waals surface area contributed by atoms with Crippen molar-refractivity contribution >= 4 is 12.0 Å². The van der Waals surface area contributed by atoms with E-state index in [1.807, 2.05) is 23.9 Å². The van der Waals surface area contributed by atoms with Crippen molar-refractivity contribution < 1.29 is 14.7 Å². The van der Waals surface area contributed by atoms with Crippen LogP contribution in [-0.2, 0) is 4.79 Å². The van der Waals surface area contributed by atoms with Crippen molar-refractivity contribution in [3.05, 3.63) is 0 Å². The van der Waals surface area contributed by atoms with Gasteiger partial charge < -0.3 is 19.8 Å². The SMILES string of the molecule is CC(C)CN(CCN(C)C)C(=O)N1CC(C(=O)O)C1. The van der Waals surface area contributed by atoms with Gasteiger partial charge in [0, 0.05) is 32.7 Å². The second-order valence-electron chi connectivity index (χ2n) is 5.87. The summed E-state index contributed by atoms with van der Waals surface area (Å²) in [6, 6.07) is -0.0342. The van der Waals surface area contributed by atoms with Crippen molar-refractivity contribution in [3.63, 3.8) is 0 Å². The number of urea groups is 1. The first-order valence-corrected chi connectivity index (χ1v) is 6.72. The van der Waals surface area contributed by atoms with Crippen LogP contribution >= 0.6 is 0 Å². The number of rotatable bonds is 6. The van der Waals surface area contributed by atoms with Gasteiger partial charge in [-0.2, -0.15) is 0 Å². The van der Waals surface area contributed by atoms with E-state index in [1.54, 1.807) is 4.90 Å². The molecular formula is C13H25N3O3. The Bertz CT molecular complexity index is 325. The minimum atomic E-state index is -0.812. The fraction of sp³-hybridized carbons (Fsp3) is 0.846. The molecule has 0 atom stereocenters. The lowest BCUT2D eigenvalue weighted by Crippen LogP contribution is -2.58. The molecule has 1 aliphatic heterocycles. The average Bonchev–Trinajstić information content (AvgIpc) is 2.20. The number of hydrogen-bond donors (Lipinski definition) is 1. The molecule has 1 aliphatic rings. The van der Waals surface area contributed by atoms with E-state index in [4.69, 9.17) is 5.11 Å². The first kappa shape index (κ1) is 15.8. The van der Waals surface area contributed by atoms with Gasteiger partial charge in [-0.3, -0.25) is 4.79 Å². The van der Waals surface area contributed by atoms with Crippen molar-refractivity contribution in [1.82, 2.24) is 14.7 Å². The summed E-state index contributed by atoms with van der Waals surface area (Å²) < 4.78 is 0. The second kappa shape index (κ2) is 6.75. The molecule has 0 bridgehead atoms. The number of carbonyl (C=O) groups is 2. The van der Waals surface area contributed by atoms with E-state index >= 15 is 0 Å². The molecule has 6 nitrogen and oxygen atoms in total. The number of nitrogens with zero attached hydrogens (tertiary/aromatic N) is 3. The van der Waals surface area contributed by atoms with Gasteiger partial charge in [0.2, 0.25) is 0 Å². The Morgan fingerprint density at radius 2 is 1.84 bits per heavy atom. The molecule has 1 N–H and O–H groups in total. The van der Waals surface area contributed by atoms with E-state index < -0.39 is 11.9 Å². The summed E-state index contributed by atoms with van der Waals surface area (Å²) in [4.78, 5) is 28.5. The molecule has 0 unspecified atom stereocenters. The number of likely N-dealkylation sites (N-methyl/N-ethyl adjacent to an activating group) is 1. The first-order valence-electron chi connectivity index (χ1n) is 6.72. The molecule has 0 aliphatic carbocycles. The summed E-state index contributed by atoms with van der Waals surface area (Å²) in [6.07, 6.45) is 0. The predicted octanol–water partition coefficient (Wildman–Crippen LogP) is 0.642. The van der Waals surface area contributed by atoms with E-state index in [0.717, 1.165) is 6.54 Å². The minimum absolute atomic E-state index is 0.0342. The Morgan fingerprint density at radius 3 is 2.26 bits per heavy atom. The third-order valence-corrected chi connectivity index (χ3v) is 3.17. The largest absolute Gasteiger partial charge is 0.481 e. The average molecular weight is 271 g/mol. The first-order chi connectivity index (χ1) is 8.81. The van der Waals surface area contributed by atoms with Gasteiger partial charge in [0.15, 0.2) is 0 Å². The normalized spacial score (nSPS) is 15.8. The summed E-state index contributed by atoms with van der Waals surface area (Å²) in [5.41, 5.74) is 0. The van der Waals surface area contributed by atoms with E-state index in [0.29, 0.717) is 32.1 Å². The highest BCUT2D eigenvalue weighted by molar-refractivity contribution is 5.79. The number of carboxylic acid groups (broad SMARTS) is 1. The van der Waals surface area contributed by atoms with Crippen LogP contribution in [-0.4, -0.2) is 78.6 Å². The molecule has 1 fully saturated rings. The van der Waals surface area contributed by atoms with Crippen molar-refractivity contribution in [2.75, 3.05) is 46.8 Å². The van der Waals surface area contributed by atoms with Crippen LogP contribution < -0.4 is 0 Å². The molecule has 110 valence electrons. The van der Waals surface area contributed by atoms with Crippen LogP contribution in [0.4, 0.5) is 4.79 Å². The summed E-state index contributed by atoms with van der Waals surface area (Å²) in [5.74, 6) is -0.797. The molecule has 19 heavy (non-hydrogen) atoms. The molecule has 0 saturated carbocycles. The van der Waals surface area contributed by atoms with Gasteiger partial charge in [-0.15, -0.1) is 0 Å². The molecule has 1 heterocycles. The van der Waals surface area contributed by atoms with Crippen LogP contribution in [0.3, 0.4) is 0 Å². The summed E-state index contributed by atoms with van der Waals surface area (Å²) in [7, 11) is 3.95. The Morgan fingerprint density at radius 1 is 1.26 bits per heavy atom. The minimum Gasteiger partial charge on any atom is -0.481 e. The highest BCUT2D eigenvalue weighted by atomic mass is 16.4. The van der Waals surface area contributed by atoms with Gasteiger partial charge in [0.25, 0.3) is 0 Å². The highest BCUT2D eigenvalue weighted by Gasteiger charge is 2.37. The van der Waals surface area contributed by atoms with Crippen LogP contribution in [0.25, 0.3) is 0 Å². The van der Waals surface area contributed by atoms with Crippen molar-refractivity contribution in [1.29, 1.82) is 0 Å². The van der Waals surface area contributed by atoms with Crippen LogP contribution in [0.2, 0.25) is 0 Å². The summed E-state index contributed by atoms with van der Waals surface area (Å²) in [6.45, 7) is 7.03. The monoisotopic (exact) mass is 271 g/mol. The number of amides is 2. The molecule has 0 spiro atoms. The fourth-order valence-electron chi connectivity index (χ4n) is 2.02. The maximum atomic E-state index is 12.3. The van der Waals surface area contributed by atoms with E-state index in [9.17, 15) is 9.59 Å². The number of hydrogen-bond acceptors (Lipinski definition) is 3. The van der Waals surface area contributed by atoms with Gasteiger partial charge in [0.1, 0.15) is 0 Å². The van der Waals surface area contributed by atoms with Crippen LogP contribution in [0.15, 0.2) is 0 Å². The highest BCUT2D eigenvalue weighted by Crippen LogP contribution is 2.18. The molecular weight excluding hydrogens is 246 g/mol. The van der Waals surface area contributed by atoms with E-state index in [2.05, 4.69) is 13.8 Å². The Balaban J connectivity index is 2.50. The smallest absolute Gasteiger partial charge is 0.320 e. The number of likely N-dealkylation sites (tertiary alicyclic amines) is 1. The number of carboxylic acids is 1. The lowest BCUT2D eigenvalue weighted by atomic mass is 10.0. The predicted molar refractivity (Wildman–Crippen MR) is 73.1 cm³/mol. The van der Waals surface area contributed by atoms with Gasteiger partial charge >= 0.3 is 12.0 Å². The molecule has 2 amide bonds. The molecule has 0 aromatic carbocycles. The zero-order valence-corrected chi connectivity index (χ0v) is 12.3. The van der Waals surface area contributed by atoms with Crippen LogP contribution in [0, 0.1) is 11.8 Å². The zero-order valence-electron chi connectivity index (χ0n) is 12.3. The van der Waals surface area contributed by atoms with Gasteiger partial charge in [-0.25, -0.2) is 4.79 Å². The molecule has 0 aromatic heterocycles. The van der Waals surface area contributed by atoms with Crippen LogP contribution in [0.1, 0.15) is 13.8 Å². The van der Waals surface area contributed by atoms with Crippen molar-refractivity contribution in [2.24, 2.45) is 11.8 Å². The van der Waals surface area contributed by atoms with Crippen molar-refractivity contribution in [3.8, 4) is 0 Å². The Labute approximate surface area is 115 Å². The van der Waals surface area contributed by atoms with Gasteiger partial charge in [-0.05, 0) is 20.0 Å². The maximum absolute atomic E-state index is 12.3. The molecule has 0 aromatic rings. The quantitative estimate of drug-likeness (QED) is 0.770. The van der Waals surface area contributed by atoms with E-state index in [1.165, 1.54) is 0 Å². The van der Waals surface area contributed by atoms with Crippen LogP contribution in [0.5, 0.6) is 0 Å². The molecule has 6 heteroatoms. The lowest BCUT2D eigenvalue weighted by Gasteiger charge is -2.40. The summed E-state index contributed by atoms with van der Waals surface area (Å²) >= 11 is 0. The van der Waals surface area contributed by atoms with Gasteiger partial charge in [-0.1, -0.05) is 13.8 Å². The Kier molecular flexibility index (Phi) is 5.60. The molecule has 1 saturated heterocycles. The fourth-order valence-corrected chi connectivity index (χ4v) is 2.02. The number of carbonyl (C=O) groups excluding carboxylic acids is 1. The van der Waals surface area contributed by atoms with Crippen molar-refractivity contribution in [2.45, 2.75) is 13.8 Å². The maximum Gasteiger partial charge on any atom is 0.320 e. The standard InChI is InChI=1S/C13H25N3O3/c1-10(2)7-15(6-5-14(3)4)13(19)16-8-11(9-16)12(17)18/h10-11H,5-9H2,1-4H3,(H,17,18). The number of aliphatic carboxylic acids is 1. The third-order valence-electron chi connectivity index (χ3n) is 3.17. The van der Waals surface area contributed by atoms with E-state index in [-0.39, 0.29) is 6.03 Å². The summed E-state index contributed by atoms with van der Waals surface area (Å²) in [5, 5.41) is 8.83. The lowest BCUT2D eigenvalue weighted by molar-refractivity contribution is -0.146. The topological polar surface area (TPSA) is 64.1 Å². The van der Waals surface area contributed by atoms with Gasteiger partial charge in [0.05, 0.1) is 5.92 Å². The Hall–Kier alpha value is -1.30.